The lowest BCUT2D eigenvalue weighted by Crippen LogP contribution is -2.30. The highest BCUT2D eigenvalue weighted by Gasteiger charge is 2.54. The fraction of sp³-hybridized carbons (Fsp3) is 1.00. The zero-order valence-corrected chi connectivity index (χ0v) is 9.74. The second-order valence-electron chi connectivity index (χ2n) is 4.44. The van der Waals surface area contributed by atoms with Crippen LogP contribution < -0.4 is 0 Å². The van der Waals surface area contributed by atoms with Gasteiger partial charge in [0.25, 0.3) is 0 Å². The predicted molar refractivity (Wildman–Crippen MR) is 54.9 cm³/mol. The minimum atomic E-state index is -0.572. The van der Waals surface area contributed by atoms with E-state index in [9.17, 15) is 0 Å². The van der Waals surface area contributed by atoms with Gasteiger partial charge in [-0.15, -0.1) is 11.6 Å². The molecular formula is C10H17ClO4. The maximum atomic E-state index is 8.93. The molecule has 0 aromatic rings. The van der Waals surface area contributed by atoms with Crippen LogP contribution in [0.25, 0.3) is 0 Å². The van der Waals surface area contributed by atoms with Crippen LogP contribution in [0.1, 0.15) is 20.3 Å². The third kappa shape index (κ3) is 2.15. The first-order chi connectivity index (χ1) is 7.07. The fourth-order valence-electron chi connectivity index (χ4n) is 2.26. The van der Waals surface area contributed by atoms with Gasteiger partial charge in [-0.3, -0.25) is 0 Å². The van der Waals surface area contributed by atoms with Gasteiger partial charge in [-0.2, -0.15) is 0 Å². The lowest BCUT2D eigenvalue weighted by Gasteiger charge is -2.23. The number of alkyl halides is 1. The van der Waals surface area contributed by atoms with E-state index < -0.39 is 5.79 Å². The largest absolute Gasteiger partial charge is 0.396 e. The zero-order valence-electron chi connectivity index (χ0n) is 8.98. The highest BCUT2D eigenvalue weighted by Crippen LogP contribution is 2.39. The fourth-order valence-corrected chi connectivity index (χ4v) is 2.50. The summed E-state index contributed by atoms with van der Waals surface area (Å²) in [5, 5.41) is 8.93. The Morgan fingerprint density at radius 1 is 1.20 bits per heavy atom. The van der Waals surface area contributed by atoms with Crippen molar-refractivity contribution in [1.82, 2.24) is 0 Å². The maximum absolute atomic E-state index is 8.93. The number of hydrogen-bond donors (Lipinski definition) is 1. The standard InChI is InChI=1S/C10H17ClO4/c1-10(2)14-8-6(3-4-12)13-7(5-11)9(8)15-10/h6-9,12H,3-5H2,1-2H3/t6-,7+,8-,9+/m0/s1. The molecule has 0 aromatic heterocycles. The van der Waals surface area contributed by atoms with E-state index in [1.54, 1.807) is 0 Å². The van der Waals surface area contributed by atoms with Crippen LogP contribution in [-0.2, 0) is 14.2 Å². The van der Waals surface area contributed by atoms with Gasteiger partial charge in [0.05, 0.1) is 12.0 Å². The van der Waals surface area contributed by atoms with Crippen LogP contribution in [-0.4, -0.2) is 47.8 Å². The Kier molecular flexibility index (Phi) is 3.24. The molecule has 4 nitrogen and oxygen atoms in total. The normalized spacial score (nSPS) is 43.2. The molecule has 0 aromatic carbocycles. The van der Waals surface area contributed by atoms with E-state index in [1.807, 2.05) is 13.8 Å². The number of ether oxygens (including phenoxy) is 3. The third-order valence-corrected chi connectivity index (χ3v) is 3.12. The van der Waals surface area contributed by atoms with Crippen LogP contribution in [0.3, 0.4) is 0 Å². The van der Waals surface area contributed by atoms with Crippen molar-refractivity contribution in [1.29, 1.82) is 0 Å². The number of halogens is 1. The summed E-state index contributed by atoms with van der Waals surface area (Å²) in [4.78, 5) is 0. The van der Waals surface area contributed by atoms with E-state index in [-0.39, 0.29) is 31.0 Å². The molecule has 88 valence electrons. The molecule has 2 aliphatic heterocycles. The molecule has 2 aliphatic rings. The van der Waals surface area contributed by atoms with Crippen LogP contribution in [0.4, 0.5) is 0 Å². The van der Waals surface area contributed by atoms with Gasteiger partial charge in [-0.05, 0) is 20.3 Å². The molecule has 0 spiro atoms. The summed E-state index contributed by atoms with van der Waals surface area (Å²) >= 11 is 5.81. The van der Waals surface area contributed by atoms with E-state index in [2.05, 4.69) is 0 Å². The van der Waals surface area contributed by atoms with Crippen molar-refractivity contribution < 1.29 is 19.3 Å². The van der Waals surface area contributed by atoms with E-state index in [0.717, 1.165) is 0 Å². The van der Waals surface area contributed by atoms with Crippen molar-refractivity contribution in [3.05, 3.63) is 0 Å². The highest BCUT2D eigenvalue weighted by atomic mass is 35.5. The minimum Gasteiger partial charge on any atom is -0.396 e. The van der Waals surface area contributed by atoms with Gasteiger partial charge in [-0.1, -0.05) is 0 Å². The topological polar surface area (TPSA) is 47.9 Å². The maximum Gasteiger partial charge on any atom is 0.164 e. The summed E-state index contributed by atoms with van der Waals surface area (Å²) in [6.45, 7) is 3.85. The average molecular weight is 237 g/mol. The van der Waals surface area contributed by atoms with E-state index >= 15 is 0 Å². The average Bonchev–Trinajstić information content (AvgIpc) is 2.61. The van der Waals surface area contributed by atoms with Crippen LogP contribution in [0.15, 0.2) is 0 Å². The van der Waals surface area contributed by atoms with Crippen LogP contribution >= 0.6 is 11.6 Å². The highest BCUT2D eigenvalue weighted by molar-refractivity contribution is 6.18. The van der Waals surface area contributed by atoms with Crippen molar-refractivity contribution in [2.75, 3.05) is 12.5 Å². The summed E-state index contributed by atoms with van der Waals surface area (Å²) < 4.78 is 17.2. The Labute approximate surface area is 94.5 Å². The molecule has 0 amide bonds. The summed E-state index contributed by atoms with van der Waals surface area (Å²) in [7, 11) is 0. The SMILES string of the molecule is CC1(C)O[C@@H]2[C@H](O1)[C@@H](CCl)O[C@H]2CCO. The van der Waals surface area contributed by atoms with Crippen molar-refractivity contribution in [3.8, 4) is 0 Å². The molecule has 0 bridgehead atoms. The summed E-state index contributed by atoms with van der Waals surface area (Å²) in [6, 6.07) is 0. The van der Waals surface area contributed by atoms with Gasteiger partial charge in [0.1, 0.15) is 18.3 Å². The van der Waals surface area contributed by atoms with Gasteiger partial charge in [0.15, 0.2) is 5.79 Å². The molecule has 15 heavy (non-hydrogen) atoms. The molecule has 0 aliphatic carbocycles. The molecule has 2 saturated heterocycles. The van der Waals surface area contributed by atoms with Crippen molar-refractivity contribution >= 4 is 11.6 Å². The third-order valence-electron chi connectivity index (χ3n) is 2.81. The molecule has 1 N–H and O–H groups in total. The Hall–Kier alpha value is 0.130. The Morgan fingerprint density at radius 3 is 2.33 bits per heavy atom. The molecule has 2 heterocycles. The minimum absolute atomic E-state index is 0.0900. The monoisotopic (exact) mass is 236 g/mol. The van der Waals surface area contributed by atoms with Crippen molar-refractivity contribution in [2.45, 2.75) is 50.5 Å². The second-order valence-corrected chi connectivity index (χ2v) is 4.75. The quantitative estimate of drug-likeness (QED) is 0.740. The van der Waals surface area contributed by atoms with Crippen LogP contribution in [0.2, 0.25) is 0 Å². The van der Waals surface area contributed by atoms with E-state index in [4.69, 9.17) is 30.9 Å². The summed E-state index contributed by atoms with van der Waals surface area (Å²) in [5.41, 5.74) is 0. The molecule has 0 unspecified atom stereocenters. The first kappa shape index (κ1) is 11.6. The van der Waals surface area contributed by atoms with E-state index in [1.165, 1.54) is 0 Å². The Morgan fingerprint density at radius 2 is 1.80 bits per heavy atom. The molecule has 5 heteroatoms. The van der Waals surface area contributed by atoms with Gasteiger partial charge < -0.3 is 19.3 Å². The second kappa shape index (κ2) is 4.18. The summed E-state index contributed by atoms with van der Waals surface area (Å²) in [5.74, 6) is -0.181. The number of aliphatic hydroxyl groups is 1. The van der Waals surface area contributed by atoms with E-state index in [0.29, 0.717) is 12.3 Å². The smallest absolute Gasteiger partial charge is 0.164 e. The van der Waals surface area contributed by atoms with Crippen molar-refractivity contribution in [3.63, 3.8) is 0 Å². The Balaban J connectivity index is 2.08. The van der Waals surface area contributed by atoms with Gasteiger partial charge >= 0.3 is 0 Å². The summed E-state index contributed by atoms with van der Waals surface area (Å²) in [6.07, 6.45) is 0.124. The number of hydrogen-bond acceptors (Lipinski definition) is 4. The van der Waals surface area contributed by atoms with Gasteiger partial charge in [0, 0.05) is 6.61 Å². The van der Waals surface area contributed by atoms with Gasteiger partial charge in [-0.25, -0.2) is 0 Å². The number of fused-ring (bicyclic) bond motifs is 1. The molecule has 2 fully saturated rings. The van der Waals surface area contributed by atoms with Crippen LogP contribution in [0, 0.1) is 0 Å². The van der Waals surface area contributed by atoms with Crippen molar-refractivity contribution in [2.24, 2.45) is 0 Å². The lowest BCUT2D eigenvalue weighted by atomic mass is 10.1. The molecule has 0 radical (unpaired) electrons. The van der Waals surface area contributed by atoms with Gasteiger partial charge in [0.2, 0.25) is 0 Å². The Bertz CT molecular complexity index is 233. The number of rotatable bonds is 3. The molecule has 4 atom stereocenters. The van der Waals surface area contributed by atoms with Crippen LogP contribution in [0.5, 0.6) is 0 Å². The first-order valence-electron chi connectivity index (χ1n) is 5.25. The zero-order chi connectivity index (χ0) is 11.1. The predicted octanol–water partition coefficient (Wildman–Crippen LogP) is 0.895. The molecule has 0 saturated carbocycles. The first-order valence-corrected chi connectivity index (χ1v) is 5.79. The molecule has 2 rings (SSSR count). The number of aliphatic hydroxyl groups excluding tert-OH is 1. The molecular weight excluding hydrogens is 220 g/mol. The lowest BCUT2D eigenvalue weighted by molar-refractivity contribution is -0.185.